The third-order valence-electron chi connectivity index (χ3n) is 4.41. The van der Waals surface area contributed by atoms with Crippen molar-refractivity contribution in [3.05, 3.63) is 65.5 Å². The monoisotopic (exact) mass is 336 g/mol. The summed E-state index contributed by atoms with van der Waals surface area (Å²) >= 11 is 0. The van der Waals surface area contributed by atoms with Crippen molar-refractivity contribution in [2.45, 2.75) is 25.4 Å². The van der Waals surface area contributed by atoms with Gasteiger partial charge in [0.2, 0.25) is 0 Å². The summed E-state index contributed by atoms with van der Waals surface area (Å²) in [4.78, 5) is 16.8. The van der Waals surface area contributed by atoms with E-state index in [-0.39, 0.29) is 12.0 Å². The second-order valence-corrected chi connectivity index (χ2v) is 6.30. The molecule has 1 aliphatic rings. The SMILES string of the molecule is O=C(NCC1CCCO1)c1ccc2nc(Cc3ccccc3)oc2c1. The van der Waals surface area contributed by atoms with Crippen LogP contribution in [0.2, 0.25) is 0 Å². The lowest BCUT2D eigenvalue weighted by molar-refractivity contribution is 0.0858. The molecule has 1 N–H and O–H groups in total. The van der Waals surface area contributed by atoms with Crippen LogP contribution in [0.3, 0.4) is 0 Å². The Morgan fingerprint density at radius 1 is 1.20 bits per heavy atom. The number of hydrogen-bond donors (Lipinski definition) is 1. The summed E-state index contributed by atoms with van der Waals surface area (Å²) in [5.74, 6) is 0.538. The van der Waals surface area contributed by atoms with Crippen molar-refractivity contribution in [2.75, 3.05) is 13.2 Å². The lowest BCUT2D eigenvalue weighted by atomic mass is 10.1. The fourth-order valence-electron chi connectivity index (χ4n) is 3.07. The van der Waals surface area contributed by atoms with E-state index in [2.05, 4.69) is 10.3 Å². The zero-order valence-electron chi connectivity index (χ0n) is 13.9. The van der Waals surface area contributed by atoms with Gasteiger partial charge in [0.05, 0.1) is 6.10 Å². The molecule has 1 aliphatic heterocycles. The average molecular weight is 336 g/mol. The first-order chi connectivity index (χ1) is 12.3. The van der Waals surface area contributed by atoms with E-state index in [9.17, 15) is 4.79 Å². The molecule has 2 heterocycles. The van der Waals surface area contributed by atoms with E-state index in [1.165, 1.54) is 0 Å². The predicted molar refractivity (Wildman–Crippen MR) is 94.6 cm³/mol. The van der Waals surface area contributed by atoms with Gasteiger partial charge in [0.1, 0.15) is 5.52 Å². The molecule has 0 radical (unpaired) electrons. The normalized spacial score (nSPS) is 17.0. The number of carbonyl (C=O) groups excluding carboxylic acids is 1. The second kappa shape index (κ2) is 7.07. The quantitative estimate of drug-likeness (QED) is 0.776. The van der Waals surface area contributed by atoms with E-state index in [4.69, 9.17) is 9.15 Å². The third-order valence-corrected chi connectivity index (χ3v) is 4.41. The van der Waals surface area contributed by atoms with Gasteiger partial charge in [-0.25, -0.2) is 4.98 Å². The van der Waals surface area contributed by atoms with Crippen LogP contribution in [0.25, 0.3) is 11.1 Å². The number of amides is 1. The molecule has 128 valence electrons. The molecule has 5 heteroatoms. The molecule has 4 rings (SSSR count). The minimum Gasteiger partial charge on any atom is -0.440 e. The Balaban J connectivity index is 1.46. The first-order valence-electron chi connectivity index (χ1n) is 8.61. The lowest BCUT2D eigenvalue weighted by Gasteiger charge is -2.10. The highest BCUT2D eigenvalue weighted by Gasteiger charge is 2.17. The summed E-state index contributed by atoms with van der Waals surface area (Å²) in [5.41, 5.74) is 3.12. The van der Waals surface area contributed by atoms with E-state index in [1.54, 1.807) is 12.1 Å². The summed E-state index contributed by atoms with van der Waals surface area (Å²) < 4.78 is 11.4. The van der Waals surface area contributed by atoms with E-state index in [0.717, 1.165) is 30.5 Å². The van der Waals surface area contributed by atoms with Gasteiger partial charge in [-0.05, 0) is 36.6 Å². The molecule has 1 fully saturated rings. The van der Waals surface area contributed by atoms with Crippen molar-refractivity contribution < 1.29 is 13.9 Å². The van der Waals surface area contributed by atoms with Crippen LogP contribution in [0.15, 0.2) is 52.9 Å². The lowest BCUT2D eigenvalue weighted by Crippen LogP contribution is -2.31. The number of rotatable bonds is 5. The van der Waals surface area contributed by atoms with Gasteiger partial charge < -0.3 is 14.5 Å². The summed E-state index contributed by atoms with van der Waals surface area (Å²) in [7, 11) is 0. The Hall–Kier alpha value is -2.66. The van der Waals surface area contributed by atoms with Crippen molar-refractivity contribution in [3.8, 4) is 0 Å². The Bertz CT molecular complexity index is 867. The van der Waals surface area contributed by atoms with E-state index < -0.39 is 0 Å². The Morgan fingerprint density at radius 3 is 2.88 bits per heavy atom. The molecule has 0 spiro atoms. The summed E-state index contributed by atoms with van der Waals surface area (Å²) in [6.45, 7) is 1.33. The number of ether oxygens (including phenoxy) is 1. The summed E-state index contributed by atoms with van der Waals surface area (Å²) in [6, 6.07) is 15.4. The number of fused-ring (bicyclic) bond motifs is 1. The fraction of sp³-hybridized carbons (Fsp3) is 0.300. The van der Waals surface area contributed by atoms with Crippen molar-refractivity contribution in [2.24, 2.45) is 0 Å². The van der Waals surface area contributed by atoms with Crippen molar-refractivity contribution in [3.63, 3.8) is 0 Å². The Kier molecular flexibility index (Phi) is 4.48. The Morgan fingerprint density at radius 2 is 2.08 bits per heavy atom. The number of hydrogen-bond acceptors (Lipinski definition) is 4. The number of oxazole rings is 1. The molecular formula is C20H20N2O3. The molecular weight excluding hydrogens is 316 g/mol. The molecule has 1 saturated heterocycles. The molecule has 3 aromatic rings. The maximum atomic E-state index is 12.3. The number of benzene rings is 2. The smallest absolute Gasteiger partial charge is 0.251 e. The third kappa shape index (κ3) is 3.72. The van der Waals surface area contributed by atoms with Crippen LogP contribution in [-0.4, -0.2) is 30.1 Å². The van der Waals surface area contributed by atoms with Gasteiger partial charge >= 0.3 is 0 Å². The van der Waals surface area contributed by atoms with Gasteiger partial charge in [0.25, 0.3) is 5.91 Å². The van der Waals surface area contributed by atoms with Gasteiger partial charge in [-0.15, -0.1) is 0 Å². The first kappa shape index (κ1) is 15.8. The van der Waals surface area contributed by atoms with Gasteiger partial charge in [-0.3, -0.25) is 4.79 Å². The number of nitrogens with one attached hydrogen (secondary N) is 1. The second-order valence-electron chi connectivity index (χ2n) is 6.30. The molecule has 0 aliphatic carbocycles. The topological polar surface area (TPSA) is 64.4 Å². The largest absolute Gasteiger partial charge is 0.440 e. The molecule has 25 heavy (non-hydrogen) atoms. The minimum atomic E-state index is -0.113. The Labute approximate surface area is 146 Å². The number of nitrogens with zero attached hydrogens (tertiary/aromatic N) is 1. The zero-order valence-corrected chi connectivity index (χ0v) is 13.9. The maximum Gasteiger partial charge on any atom is 0.251 e. The van der Waals surface area contributed by atoms with Crippen LogP contribution < -0.4 is 5.32 Å². The van der Waals surface area contributed by atoms with Crippen LogP contribution in [0.5, 0.6) is 0 Å². The molecule has 0 saturated carbocycles. The minimum absolute atomic E-state index is 0.113. The van der Waals surface area contributed by atoms with Gasteiger partial charge in [-0.2, -0.15) is 0 Å². The van der Waals surface area contributed by atoms with E-state index in [1.807, 2.05) is 36.4 Å². The summed E-state index contributed by atoms with van der Waals surface area (Å²) in [6.07, 6.45) is 2.84. The highest BCUT2D eigenvalue weighted by molar-refractivity contribution is 5.97. The van der Waals surface area contributed by atoms with Crippen molar-refractivity contribution in [1.82, 2.24) is 10.3 Å². The standard InChI is InChI=1S/C20H20N2O3/c23-20(21-13-16-7-4-10-24-16)15-8-9-17-18(12-15)25-19(22-17)11-14-5-2-1-3-6-14/h1-3,5-6,8-9,12,16H,4,7,10-11,13H2,(H,21,23). The molecule has 2 aromatic carbocycles. The van der Waals surface area contributed by atoms with Gasteiger partial charge in [-0.1, -0.05) is 30.3 Å². The van der Waals surface area contributed by atoms with Crippen molar-refractivity contribution >= 4 is 17.0 Å². The molecule has 1 amide bonds. The zero-order chi connectivity index (χ0) is 17.1. The number of aromatic nitrogens is 1. The molecule has 5 nitrogen and oxygen atoms in total. The first-order valence-corrected chi connectivity index (χ1v) is 8.61. The molecule has 0 bridgehead atoms. The van der Waals surface area contributed by atoms with Crippen LogP contribution in [0, 0.1) is 0 Å². The van der Waals surface area contributed by atoms with E-state index >= 15 is 0 Å². The molecule has 1 unspecified atom stereocenters. The van der Waals surface area contributed by atoms with Gasteiger partial charge in [0, 0.05) is 25.1 Å². The van der Waals surface area contributed by atoms with Crippen LogP contribution in [0.1, 0.15) is 34.7 Å². The highest BCUT2D eigenvalue weighted by atomic mass is 16.5. The molecule has 1 aromatic heterocycles. The van der Waals surface area contributed by atoms with E-state index in [0.29, 0.717) is 30.0 Å². The van der Waals surface area contributed by atoms with Crippen molar-refractivity contribution in [1.29, 1.82) is 0 Å². The van der Waals surface area contributed by atoms with Gasteiger partial charge in [0.15, 0.2) is 11.5 Å². The average Bonchev–Trinajstić information content (AvgIpc) is 3.29. The van der Waals surface area contributed by atoms with Crippen LogP contribution in [-0.2, 0) is 11.2 Å². The predicted octanol–water partition coefficient (Wildman–Crippen LogP) is 3.33. The number of carbonyl (C=O) groups is 1. The molecule has 1 atom stereocenters. The maximum absolute atomic E-state index is 12.3. The van der Waals surface area contributed by atoms with Crippen LogP contribution >= 0.6 is 0 Å². The highest BCUT2D eigenvalue weighted by Crippen LogP contribution is 2.19. The fourth-order valence-corrected chi connectivity index (χ4v) is 3.07. The summed E-state index contributed by atoms with van der Waals surface area (Å²) in [5, 5.41) is 2.93. The van der Waals surface area contributed by atoms with Crippen LogP contribution in [0.4, 0.5) is 0 Å².